The molecule has 21 heavy (non-hydrogen) atoms. The number of fused-ring (bicyclic) bond motifs is 1. The Balaban J connectivity index is 1.80. The van der Waals surface area contributed by atoms with E-state index in [0.717, 1.165) is 5.56 Å². The summed E-state index contributed by atoms with van der Waals surface area (Å²) in [7, 11) is 0. The molecule has 2 aromatic rings. The van der Waals surface area contributed by atoms with Crippen molar-refractivity contribution in [2.75, 3.05) is 4.90 Å². The van der Waals surface area contributed by atoms with Gasteiger partial charge >= 0.3 is 12.0 Å². The number of aliphatic carboxylic acids is 1. The number of carbonyl (C=O) groups excluding carboxylic acids is 1. The predicted octanol–water partition coefficient (Wildman–Crippen LogP) is -0.0748. The number of para-hydroxylation sites is 1. The summed E-state index contributed by atoms with van der Waals surface area (Å²) in [6, 6.07) is 5.72. The molecule has 0 saturated carbocycles. The molecule has 2 heterocycles. The number of carboxylic acids is 1. The lowest BCUT2D eigenvalue weighted by Crippen LogP contribution is -2.47. The Kier molecular flexibility index (Phi) is 3.22. The highest BCUT2D eigenvalue weighted by molar-refractivity contribution is 6.00. The van der Waals surface area contributed by atoms with Crippen molar-refractivity contribution in [2.24, 2.45) is 0 Å². The number of amides is 2. The van der Waals surface area contributed by atoms with Crippen molar-refractivity contribution in [1.29, 1.82) is 0 Å². The summed E-state index contributed by atoms with van der Waals surface area (Å²) >= 11 is 0. The van der Waals surface area contributed by atoms with E-state index in [4.69, 9.17) is 0 Å². The van der Waals surface area contributed by atoms with Gasteiger partial charge in [-0.05, 0) is 11.6 Å². The molecule has 0 spiro atoms. The molecule has 108 valence electrons. The van der Waals surface area contributed by atoms with Gasteiger partial charge in [0.05, 0.1) is 6.54 Å². The maximum Gasteiger partial charge on any atom is 0.327 e. The monoisotopic (exact) mass is 288 g/mol. The fourth-order valence-electron chi connectivity index (χ4n) is 2.33. The van der Waals surface area contributed by atoms with Crippen LogP contribution in [0.3, 0.4) is 0 Å². The zero-order valence-electron chi connectivity index (χ0n) is 10.9. The average molecular weight is 288 g/mol. The number of tetrazole rings is 1. The van der Waals surface area contributed by atoms with Gasteiger partial charge in [0.2, 0.25) is 0 Å². The van der Waals surface area contributed by atoms with E-state index >= 15 is 0 Å². The highest BCUT2D eigenvalue weighted by atomic mass is 16.4. The van der Waals surface area contributed by atoms with E-state index in [0.29, 0.717) is 17.9 Å². The third-order valence-electron chi connectivity index (χ3n) is 3.27. The first-order chi connectivity index (χ1) is 10.2. The van der Waals surface area contributed by atoms with Crippen LogP contribution in [0.1, 0.15) is 11.4 Å². The molecule has 3 N–H and O–H groups in total. The molecular formula is C12H12N6O3. The molecule has 1 aliphatic rings. The lowest BCUT2D eigenvalue weighted by atomic mass is 10.1. The van der Waals surface area contributed by atoms with Gasteiger partial charge in [0.1, 0.15) is 6.04 Å². The van der Waals surface area contributed by atoms with E-state index < -0.39 is 18.0 Å². The smallest absolute Gasteiger partial charge is 0.327 e. The summed E-state index contributed by atoms with van der Waals surface area (Å²) in [6.45, 7) is 0.0698. The van der Waals surface area contributed by atoms with E-state index in [2.05, 4.69) is 25.9 Å². The standard InChI is InChI=1S/C12H12N6O3/c19-11(20)9-5-7-3-1-2-4-8(7)18(9)12(21)13-6-10-14-16-17-15-10/h1-4,9H,5-6H2,(H,13,21)(H,19,20)(H,14,15,16,17)/t9-/m0/s1. The molecule has 1 aliphatic heterocycles. The van der Waals surface area contributed by atoms with Gasteiger partial charge in [-0.3, -0.25) is 4.90 Å². The van der Waals surface area contributed by atoms with Gasteiger partial charge in [0.25, 0.3) is 0 Å². The minimum atomic E-state index is -1.04. The largest absolute Gasteiger partial charge is 0.480 e. The second kappa shape index (κ2) is 5.19. The molecule has 0 bridgehead atoms. The molecule has 1 aromatic carbocycles. The molecule has 3 rings (SSSR count). The molecular weight excluding hydrogens is 276 g/mol. The van der Waals surface area contributed by atoms with Gasteiger partial charge in [-0.15, -0.1) is 10.2 Å². The van der Waals surface area contributed by atoms with E-state index in [9.17, 15) is 14.7 Å². The number of H-pyrrole nitrogens is 1. The second-order valence-electron chi connectivity index (χ2n) is 4.54. The Morgan fingerprint density at radius 2 is 2.24 bits per heavy atom. The van der Waals surface area contributed by atoms with Crippen LogP contribution in [0.15, 0.2) is 24.3 Å². The molecule has 2 amide bonds. The molecule has 1 atom stereocenters. The van der Waals surface area contributed by atoms with Crippen LogP contribution in [-0.4, -0.2) is 43.8 Å². The highest BCUT2D eigenvalue weighted by Crippen LogP contribution is 2.32. The predicted molar refractivity (Wildman–Crippen MR) is 70.5 cm³/mol. The third-order valence-corrected chi connectivity index (χ3v) is 3.27. The van der Waals surface area contributed by atoms with Gasteiger partial charge in [-0.1, -0.05) is 23.4 Å². The molecule has 0 saturated heterocycles. The first-order valence-corrected chi connectivity index (χ1v) is 6.27. The number of anilines is 1. The number of hydrogen-bond donors (Lipinski definition) is 3. The number of aromatic amines is 1. The third kappa shape index (κ3) is 2.40. The fourth-order valence-corrected chi connectivity index (χ4v) is 2.33. The average Bonchev–Trinajstić information content (AvgIpc) is 3.11. The molecule has 9 heteroatoms. The lowest BCUT2D eigenvalue weighted by molar-refractivity contribution is -0.138. The molecule has 0 unspecified atom stereocenters. The van der Waals surface area contributed by atoms with Crippen LogP contribution in [0.4, 0.5) is 10.5 Å². The van der Waals surface area contributed by atoms with Crippen LogP contribution >= 0.6 is 0 Å². The highest BCUT2D eigenvalue weighted by Gasteiger charge is 2.38. The SMILES string of the molecule is O=C(O)[C@@H]1Cc2ccccc2N1C(=O)NCc1nn[nH]n1. The first-order valence-electron chi connectivity index (χ1n) is 6.27. The van der Waals surface area contributed by atoms with Crippen molar-refractivity contribution in [3.8, 4) is 0 Å². The number of aromatic nitrogens is 4. The number of carbonyl (C=O) groups is 2. The number of urea groups is 1. The first kappa shape index (κ1) is 13.0. The summed E-state index contributed by atoms with van der Waals surface area (Å²) in [5.41, 5.74) is 1.44. The zero-order valence-corrected chi connectivity index (χ0v) is 10.9. The fraction of sp³-hybridized carbons (Fsp3) is 0.250. The Labute approximate surface area is 119 Å². The van der Waals surface area contributed by atoms with Crippen LogP contribution in [0.2, 0.25) is 0 Å². The Hall–Kier alpha value is -2.97. The summed E-state index contributed by atoms with van der Waals surface area (Å²) < 4.78 is 0. The molecule has 9 nitrogen and oxygen atoms in total. The molecule has 0 radical (unpaired) electrons. The van der Waals surface area contributed by atoms with Gasteiger partial charge in [0, 0.05) is 12.1 Å². The minimum absolute atomic E-state index is 0.0698. The topological polar surface area (TPSA) is 124 Å². The quantitative estimate of drug-likeness (QED) is 0.726. The summed E-state index contributed by atoms with van der Waals surface area (Å²) in [4.78, 5) is 24.9. The van der Waals surface area contributed by atoms with Crippen LogP contribution in [0.25, 0.3) is 0 Å². The lowest BCUT2D eigenvalue weighted by Gasteiger charge is -2.22. The van der Waals surface area contributed by atoms with E-state index in [1.165, 1.54) is 4.90 Å². The summed E-state index contributed by atoms with van der Waals surface area (Å²) in [5, 5.41) is 25.0. The number of hydrogen-bond acceptors (Lipinski definition) is 5. The number of carboxylic acid groups (broad SMARTS) is 1. The van der Waals surface area contributed by atoms with Crippen LogP contribution in [0.5, 0.6) is 0 Å². The van der Waals surface area contributed by atoms with Gasteiger partial charge in [-0.2, -0.15) is 5.21 Å². The number of nitrogens with one attached hydrogen (secondary N) is 2. The van der Waals surface area contributed by atoms with E-state index in [-0.39, 0.29) is 6.54 Å². The minimum Gasteiger partial charge on any atom is -0.480 e. The maximum atomic E-state index is 12.3. The Bertz CT molecular complexity index is 671. The molecule has 0 aliphatic carbocycles. The molecule has 1 aromatic heterocycles. The summed E-state index contributed by atoms with van der Waals surface area (Å²) in [5.74, 6) is -0.719. The number of benzene rings is 1. The van der Waals surface area contributed by atoms with Crippen molar-refractivity contribution in [1.82, 2.24) is 25.9 Å². The Morgan fingerprint density at radius 3 is 2.95 bits per heavy atom. The van der Waals surface area contributed by atoms with Crippen molar-refractivity contribution in [3.05, 3.63) is 35.7 Å². The normalized spacial score (nSPS) is 16.6. The second-order valence-corrected chi connectivity index (χ2v) is 4.54. The van der Waals surface area contributed by atoms with Crippen LogP contribution in [0, 0.1) is 0 Å². The van der Waals surface area contributed by atoms with E-state index in [1.54, 1.807) is 12.1 Å². The number of nitrogens with zero attached hydrogens (tertiary/aromatic N) is 4. The number of rotatable bonds is 3. The Morgan fingerprint density at radius 1 is 1.43 bits per heavy atom. The van der Waals surface area contributed by atoms with Gasteiger partial charge in [0.15, 0.2) is 5.82 Å². The van der Waals surface area contributed by atoms with Crippen LogP contribution < -0.4 is 10.2 Å². The summed E-state index contributed by atoms with van der Waals surface area (Å²) in [6.07, 6.45) is 0.293. The van der Waals surface area contributed by atoms with Crippen molar-refractivity contribution < 1.29 is 14.7 Å². The van der Waals surface area contributed by atoms with Crippen molar-refractivity contribution in [3.63, 3.8) is 0 Å². The van der Waals surface area contributed by atoms with Gasteiger partial charge < -0.3 is 10.4 Å². The van der Waals surface area contributed by atoms with Gasteiger partial charge in [-0.25, -0.2) is 9.59 Å². The zero-order chi connectivity index (χ0) is 14.8. The molecule has 0 fully saturated rings. The van der Waals surface area contributed by atoms with Crippen LogP contribution in [-0.2, 0) is 17.8 Å². The van der Waals surface area contributed by atoms with Crippen molar-refractivity contribution >= 4 is 17.7 Å². The van der Waals surface area contributed by atoms with Crippen molar-refractivity contribution in [2.45, 2.75) is 19.0 Å². The maximum absolute atomic E-state index is 12.3. The van der Waals surface area contributed by atoms with E-state index in [1.807, 2.05) is 12.1 Å².